The maximum atomic E-state index is 12.5. The van der Waals surface area contributed by atoms with Crippen LogP contribution >= 0.6 is 0 Å². The molecule has 0 aliphatic heterocycles. The first kappa shape index (κ1) is 19.4. The van der Waals surface area contributed by atoms with Crippen LogP contribution in [0.1, 0.15) is 30.6 Å². The van der Waals surface area contributed by atoms with Crippen LogP contribution in [0, 0.1) is 0 Å². The summed E-state index contributed by atoms with van der Waals surface area (Å²) in [6.07, 6.45) is 2.53. The highest BCUT2D eigenvalue weighted by atomic mass is 16.5. The number of carbonyl (C=O) groups excluding carboxylic acids is 1. The molecule has 7 nitrogen and oxygen atoms in total. The third-order valence-corrected chi connectivity index (χ3v) is 3.95. The molecule has 2 aromatic rings. The predicted molar refractivity (Wildman–Crippen MR) is 102 cm³/mol. The van der Waals surface area contributed by atoms with E-state index in [2.05, 4.69) is 29.5 Å². The van der Waals surface area contributed by atoms with Gasteiger partial charge in [-0.25, -0.2) is 4.98 Å². The minimum absolute atomic E-state index is 0.276. The van der Waals surface area contributed by atoms with Crippen molar-refractivity contribution < 1.29 is 19.0 Å². The molecule has 2 N–H and O–H groups in total. The molecule has 0 bridgehead atoms. The van der Waals surface area contributed by atoms with Gasteiger partial charge >= 0.3 is 0 Å². The minimum Gasteiger partial charge on any atom is -0.493 e. The minimum atomic E-state index is -0.276. The van der Waals surface area contributed by atoms with Crippen LogP contribution in [0.25, 0.3) is 0 Å². The smallest absolute Gasteiger partial charge is 0.257 e. The maximum absolute atomic E-state index is 12.5. The number of methoxy groups -OCH3 is 3. The van der Waals surface area contributed by atoms with Crippen LogP contribution in [0.5, 0.6) is 17.2 Å². The van der Waals surface area contributed by atoms with E-state index in [0.29, 0.717) is 34.5 Å². The van der Waals surface area contributed by atoms with Crippen LogP contribution in [0.2, 0.25) is 0 Å². The summed E-state index contributed by atoms with van der Waals surface area (Å²) < 4.78 is 15.9. The van der Waals surface area contributed by atoms with Crippen molar-refractivity contribution >= 4 is 17.4 Å². The molecule has 1 aromatic heterocycles. The van der Waals surface area contributed by atoms with Crippen LogP contribution in [0.3, 0.4) is 0 Å². The molecule has 1 heterocycles. The molecule has 7 heteroatoms. The predicted octanol–water partition coefficient (Wildman–Crippen LogP) is 3.57. The van der Waals surface area contributed by atoms with Crippen LogP contribution in [0.15, 0.2) is 30.5 Å². The summed E-state index contributed by atoms with van der Waals surface area (Å²) >= 11 is 0. The molecular weight excluding hydrogens is 334 g/mol. The molecule has 0 saturated carbocycles. The number of carbonyl (C=O) groups is 1. The lowest BCUT2D eigenvalue weighted by Gasteiger charge is -2.15. The number of benzene rings is 1. The molecule has 140 valence electrons. The zero-order valence-electron chi connectivity index (χ0n) is 15.8. The van der Waals surface area contributed by atoms with Crippen molar-refractivity contribution in [3.05, 3.63) is 36.0 Å². The number of nitrogens with one attached hydrogen (secondary N) is 2. The van der Waals surface area contributed by atoms with Gasteiger partial charge < -0.3 is 24.8 Å². The Morgan fingerprint density at radius 3 is 2.23 bits per heavy atom. The topological polar surface area (TPSA) is 81.7 Å². The molecule has 1 amide bonds. The van der Waals surface area contributed by atoms with Gasteiger partial charge in [0.15, 0.2) is 11.5 Å². The fourth-order valence-corrected chi connectivity index (χ4v) is 2.32. The molecule has 0 radical (unpaired) electrons. The third-order valence-electron chi connectivity index (χ3n) is 3.95. The van der Waals surface area contributed by atoms with E-state index >= 15 is 0 Å². The number of rotatable bonds is 8. The highest BCUT2D eigenvalue weighted by molar-refractivity contribution is 6.04. The van der Waals surface area contributed by atoms with Gasteiger partial charge in [0.05, 0.1) is 26.9 Å². The van der Waals surface area contributed by atoms with E-state index in [1.54, 1.807) is 24.3 Å². The van der Waals surface area contributed by atoms with Crippen molar-refractivity contribution in [2.45, 2.75) is 26.3 Å². The molecule has 1 atom stereocenters. The lowest BCUT2D eigenvalue weighted by Crippen LogP contribution is -2.16. The van der Waals surface area contributed by atoms with Gasteiger partial charge in [0.2, 0.25) is 5.75 Å². The van der Waals surface area contributed by atoms with Crippen LogP contribution in [0.4, 0.5) is 11.5 Å². The maximum Gasteiger partial charge on any atom is 0.257 e. The van der Waals surface area contributed by atoms with Crippen molar-refractivity contribution in [3.63, 3.8) is 0 Å². The Morgan fingerprint density at radius 2 is 1.77 bits per heavy atom. The summed E-state index contributed by atoms with van der Waals surface area (Å²) in [5.74, 6) is 1.86. The number of hydrogen-bond donors (Lipinski definition) is 2. The quantitative estimate of drug-likeness (QED) is 0.750. The van der Waals surface area contributed by atoms with Gasteiger partial charge in [0, 0.05) is 30.1 Å². The van der Waals surface area contributed by atoms with Crippen molar-refractivity contribution in [2.24, 2.45) is 0 Å². The largest absolute Gasteiger partial charge is 0.493 e. The molecule has 2 rings (SSSR count). The Bertz CT molecular complexity index is 722. The Kier molecular flexibility index (Phi) is 6.66. The monoisotopic (exact) mass is 359 g/mol. The fraction of sp³-hybridized carbons (Fsp3) is 0.368. The molecular formula is C19H25N3O4. The van der Waals surface area contributed by atoms with E-state index in [1.165, 1.54) is 27.5 Å². The molecule has 0 fully saturated rings. The lowest BCUT2D eigenvalue weighted by atomic mass is 10.2. The summed E-state index contributed by atoms with van der Waals surface area (Å²) in [6.45, 7) is 4.17. The number of aromatic nitrogens is 1. The standard InChI is InChI=1S/C19H25N3O4/c1-6-12(2)21-17-8-7-13(11-20-17)19(23)22-14-9-15(24-3)18(26-5)16(10-14)25-4/h7-12H,6H2,1-5H3,(H,20,21)(H,22,23). The van der Waals surface area contributed by atoms with E-state index in [0.717, 1.165) is 12.2 Å². The average Bonchev–Trinajstić information content (AvgIpc) is 2.67. The van der Waals surface area contributed by atoms with E-state index in [4.69, 9.17) is 14.2 Å². The highest BCUT2D eigenvalue weighted by Gasteiger charge is 2.15. The lowest BCUT2D eigenvalue weighted by molar-refractivity contribution is 0.102. The van der Waals surface area contributed by atoms with Crippen molar-refractivity contribution in [3.8, 4) is 17.2 Å². The van der Waals surface area contributed by atoms with Gasteiger partial charge in [0.25, 0.3) is 5.91 Å². The molecule has 0 aliphatic carbocycles. The Hall–Kier alpha value is -2.96. The first-order valence-corrected chi connectivity index (χ1v) is 8.36. The molecule has 1 aromatic carbocycles. The number of amides is 1. The van der Waals surface area contributed by atoms with E-state index in [-0.39, 0.29) is 5.91 Å². The Balaban J connectivity index is 2.16. The second kappa shape index (κ2) is 8.94. The second-order valence-electron chi connectivity index (χ2n) is 5.75. The van der Waals surface area contributed by atoms with Gasteiger partial charge in [0.1, 0.15) is 5.82 Å². The van der Waals surface area contributed by atoms with Gasteiger partial charge in [-0.3, -0.25) is 4.79 Å². The van der Waals surface area contributed by atoms with Crippen LogP contribution in [-0.4, -0.2) is 38.3 Å². The van der Waals surface area contributed by atoms with Crippen molar-refractivity contribution in [1.29, 1.82) is 0 Å². The first-order valence-electron chi connectivity index (χ1n) is 8.36. The summed E-state index contributed by atoms with van der Waals surface area (Å²) in [5.41, 5.74) is 0.986. The number of nitrogens with zero attached hydrogens (tertiary/aromatic N) is 1. The van der Waals surface area contributed by atoms with Crippen LogP contribution < -0.4 is 24.8 Å². The Morgan fingerprint density at radius 1 is 1.12 bits per heavy atom. The number of hydrogen-bond acceptors (Lipinski definition) is 6. The third kappa shape index (κ3) is 4.56. The number of anilines is 2. The Labute approximate surface area is 153 Å². The summed E-state index contributed by atoms with van der Waals surface area (Å²) in [5, 5.41) is 6.08. The normalized spacial score (nSPS) is 11.4. The molecule has 0 saturated heterocycles. The molecule has 26 heavy (non-hydrogen) atoms. The average molecular weight is 359 g/mol. The summed E-state index contributed by atoms with van der Waals surface area (Å²) in [4.78, 5) is 16.8. The zero-order chi connectivity index (χ0) is 19.1. The number of pyridine rings is 1. The van der Waals surface area contributed by atoms with Crippen molar-refractivity contribution in [2.75, 3.05) is 32.0 Å². The van der Waals surface area contributed by atoms with E-state index < -0.39 is 0 Å². The second-order valence-corrected chi connectivity index (χ2v) is 5.75. The van der Waals surface area contributed by atoms with E-state index in [9.17, 15) is 4.79 Å². The summed E-state index contributed by atoms with van der Waals surface area (Å²) in [7, 11) is 4.57. The van der Waals surface area contributed by atoms with Crippen molar-refractivity contribution in [1.82, 2.24) is 4.98 Å². The zero-order valence-corrected chi connectivity index (χ0v) is 15.8. The van der Waals surface area contributed by atoms with Crippen LogP contribution in [-0.2, 0) is 0 Å². The SMILES string of the molecule is CCC(C)Nc1ccc(C(=O)Nc2cc(OC)c(OC)c(OC)c2)cn1. The first-order chi connectivity index (χ1) is 12.5. The summed E-state index contributed by atoms with van der Waals surface area (Å²) in [6, 6.07) is 7.18. The fourth-order valence-electron chi connectivity index (χ4n) is 2.32. The van der Waals surface area contributed by atoms with Gasteiger partial charge in [-0.05, 0) is 25.5 Å². The highest BCUT2D eigenvalue weighted by Crippen LogP contribution is 2.40. The molecule has 0 aliphatic rings. The molecule has 1 unspecified atom stereocenters. The van der Waals surface area contributed by atoms with Gasteiger partial charge in [-0.15, -0.1) is 0 Å². The van der Waals surface area contributed by atoms with Gasteiger partial charge in [-0.2, -0.15) is 0 Å². The molecule has 0 spiro atoms. The number of ether oxygens (including phenoxy) is 3. The van der Waals surface area contributed by atoms with Gasteiger partial charge in [-0.1, -0.05) is 6.92 Å². The van der Waals surface area contributed by atoms with E-state index in [1.807, 2.05) is 0 Å².